The van der Waals surface area contributed by atoms with Gasteiger partial charge in [-0.25, -0.2) is 9.67 Å². The fourth-order valence-corrected chi connectivity index (χ4v) is 3.26. The van der Waals surface area contributed by atoms with Crippen LogP contribution in [0.4, 0.5) is 0 Å². The van der Waals surface area contributed by atoms with Gasteiger partial charge in [-0.05, 0) is 50.6 Å². The first-order chi connectivity index (χ1) is 11.5. The van der Waals surface area contributed by atoms with Gasteiger partial charge in [0, 0.05) is 12.6 Å². The van der Waals surface area contributed by atoms with E-state index in [1.165, 1.54) is 0 Å². The van der Waals surface area contributed by atoms with Crippen LogP contribution in [0.25, 0.3) is 0 Å². The molecule has 2 fully saturated rings. The SMILES string of the molecule is CC(C)Cn1ncnc1CN1CCC([C@@H](O)C(=O)NC2CC2)CC1. The summed E-state index contributed by atoms with van der Waals surface area (Å²) in [5.41, 5.74) is 0. The number of likely N-dealkylation sites (tertiary alicyclic amines) is 1. The topological polar surface area (TPSA) is 83.3 Å². The summed E-state index contributed by atoms with van der Waals surface area (Å²) in [6.45, 7) is 7.77. The number of aliphatic hydroxyl groups is 1. The van der Waals surface area contributed by atoms with Gasteiger partial charge in [-0.2, -0.15) is 5.10 Å². The van der Waals surface area contributed by atoms with Gasteiger partial charge >= 0.3 is 0 Å². The number of carbonyl (C=O) groups is 1. The molecule has 0 spiro atoms. The van der Waals surface area contributed by atoms with Crippen molar-refractivity contribution in [2.45, 2.75) is 64.8 Å². The lowest BCUT2D eigenvalue weighted by molar-refractivity contribution is -0.133. The fraction of sp³-hybridized carbons (Fsp3) is 0.824. The maximum absolute atomic E-state index is 12.0. The first-order valence-electron chi connectivity index (χ1n) is 9.10. The van der Waals surface area contributed by atoms with Crippen molar-refractivity contribution in [3.05, 3.63) is 12.2 Å². The maximum Gasteiger partial charge on any atom is 0.249 e. The first kappa shape index (κ1) is 17.4. The quantitative estimate of drug-likeness (QED) is 0.769. The Morgan fingerprint density at radius 1 is 1.33 bits per heavy atom. The highest BCUT2D eigenvalue weighted by molar-refractivity contribution is 5.81. The third kappa shape index (κ3) is 4.54. The molecule has 7 heteroatoms. The van der Waals surface area contributed by atoms with E-state index in [-0.39, 0.29) is 11.8 Å². The van der Waals surface area contributed by atoms with Gasteiger partial charge in [-0.3, -0.25) is 9.69 Å². The second-order valence-corrected chi connectivity index (χ2v) is 7.59. The minimum Gasteiger partial charge on any atom is -0.383 e. The number of hydrogen-bond acceptors (Lipinski definition) is 5. The van der Waals surface area contributed by atoms with Gasteiger partial charge in [0.1, 0.15) is 18.3 Å². The Kier molecular flexibility index (Phi) is 5.50. The zero-order chi connectivity index (χ0) is 17.1. The molecular weight excluding hydrogens is 306 g/mol. The van der Waals surface area contributed by atoms with E-state index in [9.17, 15) is 9.90 Å². The Morgan fingerprint density at radius 2 is 2.04 bits per heavy atom. The Morgan fingerprint density at radius 3 is 2.67 bits per heavy atom. The number of nitrogens with one attached hydrogen (secondary N) is 1. The fourth-order valence-electron chi connectivity index (χ4n) is 3.26. The largest absolute Gasteiger partial charge is 0.383 e. The summed E-state index contributed by atoms with van der Waals surface area (Å²) in [4.78, 5) is 18.7. The van der Waals surface area contributed by atoms with E-state index >= 15 is 0 Å². The average Bonchev–Trinajstić information content (AvgIpc) is 3.27. The molecule has 1 saturated heterocycles. The second-order valence-electron chi connectivity index (χ2n) is 7.59. The lowest BCUT2D eigenvalue weighted by Gasteiger charge is -2.33. The third-order valence-corrected chi connectivity index (χ3v) is 4.87. The van der Waals surface area contributed by atoms with Crippen molar-refractivity contribution in [1.29, 1.82) is 0 Å². The zero-order valence-corrected chi connectivity index (χ0v) is 14.7. The van der Waals surface area contributed by atoms with Gasteiger partial charge in [0.05, 0.1) is 6.54 Å². The first-order valence-corrected chi connectivity index (χ1v) is 9.10. The molecule has 0 radical (unpaired) electrons. The number of aromatic nitrogens is 3. The molecule has 7 nitrogen and oxygen atoms in total. The van der Waals surface area contributed by atoms with Crippen molar-refractivity contribution in [2.75, 3.05) is 13.1 Å². The summed E-state index contributed by atoms with van der Waals surface area (Å²) in [6.07, 6.45) is 4.55. The number of rotatable bonds is 7. The van der Waals surface area contributed by atoms with Crippen molar-refractivity contribution >= 4 is 5.91 Å². The van der Waals surface area contributed by atoms with E-state index in [4.69, 9.17) is 0 Å². The summed E-state index contributed by atoms with van der Waals surface area (Å²) in [5.74, 6) is 1.41. The highest BCUT2D eigenvalue weighted by atomic mass is 16.3. The lowest BCUT2D eigenvalue weighted by atomic mass is 9.90. The molecule has 0 unspecified atom stereocenters. The van der Waals surface area contributed by atoms with E-state index in [1.807, 2.05) is 4.68 Å². The predicted molar refractivity (Wildman–Crippen MR) is 90.0 cm³/mol. The van der Waals surface area contributed by atoms with Gasteiger partial charge in [0.15, 0.2) is 0 Å². The summed E-state index contributed by atoms with van der Waals surface area (Å²) in [5, 5.41) is 17.5. The van der Waals surface area contributed by atoms with Gasteiger partial charge in [-0.1, -0.05) is 13.8 Å². The minimum absolute atomic E-state index is 0.0635. The molecule has 1 aliphatic heterocycles. The van der Waals surface area contributed by atoms with Crippen LogP contribution in [-0.2, 0) is 17.9 Å². The van der Waals surface area contributed by atoms with Crippen LogP contribution in [0.3, 0.4) is 0 Å². The highest BCUT2D eigenvalue weighted by Crippen LogP contribution is 2.24. The molecule has 1 atom stereocenters. The molecule has 1 aliphatic carbocycles. The van der Waals surface area contributed by atoms with Crippen LogP contribution in [-0.4, -0.2) is 55.9 Å². The number of nitrogens with zero attached hydrogens (tertiary/aromatic N) is 4. The molecule has 0 bridgehead atoms. The van der Waals surface area contributed by atoms with Crippen molar-refractivity contribution in [3.63, 3.8) is 0 Å². The standard InChI is InChI=1S/C17H29N5O2/c1-12(2)9-22-15(18-11-19-22)10-21-7-5-13(6-8-21)16(23)17(24)20-14-3-4-14/h11-14,16,23H,3-10H2,1-2H3,(H,20,24)/t16-/m1/s1. The average molecular weight is 335 g/mol. The molecular formula is C17H29N5O2. The van der Waals surface area contributed by atoms with Gasteiger partial charge in [0.2, 0.25) is 5.91 Å². The summed E-state index contributed by atoms with van der Waals surface area (Å²) in [7, 11) is 0. The molecule has 134 valence electrons. The molecule has 0 aromatic carbocycles. The predicted octanol–water partition coefficient (Wildman–Crippen LogP) is 0.786. The number of piperidine rings is 1. The number of hydrogen-bond donors (Lipinski definition) is 2. The molecule has 24 heavy (non-hydrogen) atoms. The summed E-state index contributed by atoms with van der Waals surface area (Å²) >= 11 is 0. The molecule has 1 amide bonds. The third-order valence-electron chi connectivity index (χ3n) is 4.87. The molecule has 1 saturated carbocycles. The smallest absolute Gasteiger partial charge is 0.249 e. The molecule has 2 N–H and O–H groups in total. The van der Waals surface area contributed by atoms with Crippen molar-refractivity contribution in [1.82, 2.24) is 25.0 Å². The van der Waals surface area contributed by atoms with Crippen LogP contribution in [0.1, 0.15) is 45.4 Å². The number of amides is 1. The molecule has 3 rings (SSSR count). The minimum atomic E-state index is -0.864. The van der Waals surface area contributed by atoms with Crippen LogP contribution in [0.2, 0.25) is 0 Å². The number of carbonyl (C=O) groups excluding carboxylic acids is 1. The van der Waals surface area contributed by atoms with Gasteiger partial charge in [-0.15, -0.1) is 0 Å². The van der Waals surface area contributed by atoms with Crippen molar-refractivity contribution < 1.29 is 9.90 Å². The second kappa shape index (κ2) is 7.61. The van der Waals surface area contributed by atoms with Crippen LogP contribution in [0.15, 0.2) is 6.33 Å². The van der Waals surface area contributed by atoms with Crippen molar-refractivity contribution in [3.8, 4) is 0 Å². The van der Waals surface area contributed by atoms with E-state index in [2.05, 4.69) is 34.1 Å². The Bertz CT molecular complexity index is 547. The van der Waals surface area contributed by atoms with Gasteiger partial charge < -0.3 is 10.4 Å². The Balaban J connectivity index is 1.46. The van der Waals surface area contributed by atoms with Crippen LogP contribution >= 0.6 is 0 Å². The van der Waals surface area contributed by atoms with E-state index in [0.717, 1.165) is 57.7 Å². The van der Waals surface area contributed by atoms with Crippen LogP contribution in [0.5, 0.6) is 0 Å². The molecule has 1 aromatic heterocycles. The zero-order valence-electron chi connectivity index (χ0n) is 14.7. The maximum atomic E-state index is 12.0. The van der Waals surface area contributed by atoms with Crippen LogP contribution < -0.4 is 5.32 Å². The highest BCUT2D eigenvalue weighted by Gasteiger charge is 2.33. The normalized spacial score (nSPS) is 21.2. The van der Waals surface area contributed by atoms with E-state index in [0.29, 0.717) is 12.0 Å². The van der Waals surface area contributed by atoms with Crippen LogP contribution in [0, 0.1) is 11.8 Å². The van der Waals surface area contributed by atoms with Gasteiger partial charge in [0.25, 0.3) is 0 Å². The lowest BCUT2D eigenvalue weighted by Crippen LogP contribution is -2.45. The Labute approximate surface area is 143 Å². The van der Waals surface area contributed by atoms with E-state index in [1.54, 1.807) is 6.33 Å². The molecule has 2 heterocycles. The monoisotopic (exact) mass is 335 g/mol. The molecule has 1 aromatic rings. The summed E-state index contributed by atoms with van der Waals surface area (Å²) < 4.78 is 1.98. The van der Waals surface area contributed by atoms with E-state index < -0.39 is 6.10 Å². The Hall–Kier alpha value is -1.47. The van der Waals surface area contributed by atoms with Crippen molar-refractivity contribution in [2.24, 2.45) is 11.8 Å². The summed E-state index contributed by atoms with van der Waals surface area (Å²) in [6, 6.07) is 0.305. The molecule has 2 aliphatic rings. The number of aliphatic hydroxyl groups excluding tert-OH is 1.